The second-order valence-corrected chi connectivity index (χ2v) is 6.62. The molecule has 96 valence electrons. The van der Waals surface area contributed by atoms with Crippen LogP contribution in [0.1, 0.15) is 43.5 Å². The van der Waals surface area contributed by atoms with Gasteiger partial charge in [-0.3, -0.25) is 4.90 Å². The van der Waals surface area contributed by atoms with E-state index in [1.54, 1.807) is 0 Å². The van der Waals surface area contributed by atoms with Crippen LogP contribution in [0.4, 0.5) is 0 Å². The van der Waals surface area contributed by atoms with Crippen LogP contribution in [0.2, 0.25) is 0 Å². The number of nitrogens with zero attached hydrogens (tertiary/aromatic N) is 1. The van der Waals surface area contributed by atoms with Crippen LogP contribution >= 0.6 is 27.3 Å². The Morgan fingerprint density at radius 1 is 1.53 bits per heavy atom. The van der Waals surface area contributed by atoms with Gasteiger partial charge in [-0.15, -0.1) is 11.3 Å². The van der Waals surface area contributed by atoms with Gasteiger partial charge in [0.1, 0.15) is 0 Å². The number of likely N-dealkylation sites (tertiary alicyclic amines) is 1. The first-order chi connectivity index (χ1) is 8.24. The molecule has 2 atom stereocenters. The van der Waals surface area contributed by atoms with Crippen molar-refractivity contribution in [2.45, 2.75) is 44.7 Å². The Morgan fingerprint density at radius 2 is 2.35 bits per heavy atom. The highest BCUT2D eigenvalue weighted by atomic mass is 79.9. The molecule has 1 saturated heterocycles. The summed E-state index contributed by atoms with van der Waals surface area (Å²) in [6.07, 6.45) is 5.34. The summed E-state index contributed by atoms with van der Waals surface area (Å²) in [5.41, 5.74) is 6.02. The topological polar surface area (TPSA) is 29.3 Å². The molecule has 0 spiro atoms. The van der Waals surface area contributed by atoms with E-state index in [-0.39, 0.29) is 0 Å². The van der Waals surface area contributed by atoms with Crippen molar-refractivity contribution in [1.29, 1.82) is 0 Å². The molecule has 0 aliphatic carbocycles. The largest absolute Gasteiger partial charge is 0.329 e. The van der Waals surface area contributed by atoms with E-state index in [2.05, 4.69) is 39.2 Å². The average Bonchev–Trinajstić information content (AvgIpc) is 2.61. The van der Waals surface area contributed by atoms with E-state index in [0.717, 1.165) is 0 Å². The third-order valence-electron chi connectivity index (χ3n) is 3.68. The molecule has 0 aromatic carbocycles. The van der Waals surface area contributed by atoms with Crippen LogP contribution in [0, 0.1) is 0 Å². The summed E-state index contributed by atoms with van der Waals surface area (Å²) in [6, 6.07) is 3.17. The average molecular weight is 317 g/mol. The zero-order valence-electron chi connectivity index (χ0n) is 10.4. The van der Waals surface area contributed by atoms with Crippen molar-refractivity contribution < 1.29 is 0 Å². The van der Waals surface area contributed by atoms with E-state index < -0.39 is 0 Å². The van der Waals surface area contributed by atoms with Gasteiger partial charge in [0.25, 0.3) is 0 Å². The fourth-order valence-corrected chi connectivity index (χ4v) is 4.47. The number of halogens is 1. The van der Waals surface area contributed by atoms with E-state index in [4.69, 9.17) is 5.73 Å². The molecule has 2 heterocycles. The van der Waals surface area contributed by atoms with Gasteiger partial charge in [0.15, 0.2) is 0 Å². The molecule has 17 heavy (non-hydrogen) atoms. The Balaban J connectivity index is 2.19. The molecule has 0 radical (unpaired) electrons. The minimum atomic E-state index is 0.387. The first-order valence-electron chi connectivity index (χ1n) is 6.42. The summed E-state index contributed by atoms with van der Waals surface area (Å²) in [5, 5.41) is 2.14. The van der Waals surface area contributed by atoms with E-state index in [1.165, 1.54) is 41.6 Å². The van der Waals surface area contributed by atoms with E-state index in [1.807, 2.05) is 11.3 Å². The molecule has 0 saturated carbocycles. The summed E-state index contributed by atoms with van der Waals surface area (Å²) >= 11 is 5.46. The van der Waals surface area contributed by atoms with Gasteiger partial charge in [0, 0.05) is 21.9 Å². The van der Waals surface area contributed by atoms with Crippen LogP contribution in [0.3, 0.4) is 0 Å². The highest BCUT2D eigenvalue weighted by Crippen LogP contribution is 2.34. The van der Waals surface area contributed by atoms with Crippen molar-refractivity contribution in [3.05, 3.63) is 20.8 Å². The number of thiophene rings is 1. The first-order valence-corrected chi connectivity index (χ1v) is 8.10. The van der Waals surface area contributed by atoms with Crippen molar-refractivity contribution >= 4 is 27.3 Å². The second kappa shape index (κ2) is 6.32. The SMILES string of the molecule is CC1CCCCCN1C(CN)c1sccc1Br. The quantitative estimate of drug-likeness (QED) is 0.919. The first kappa shape index (κ1) is 13.5. The molecule has 1 fully saturated rings. The lowest BCUT2D eigenvalue weighted by atomic mass is 10.1. The van der Waals surface area contributed by atoms with E-state index in [0.29, 0.717) is 18.6 Å². The predicted molar refractivity (Wildman–Crippen MR) is 78.5 cm³/mol. The summed E-state index contributed by atoms with van der Waals surface area (Å²) in [7, 11) is 0. The molecule has 0 amide bonds. The summed E-state index contributed by atoms with van der Waals surface area (Å²) in [6.45, 7) is 4.24. The molecule has 2 N–H and O–H groups in total. The maximum atomic E-state index is 6.02. The van der Waals surface area contributed by atoms with Crippen molar-refractivity contribution in [3.63, 3.8) is 0 Å². The summed E-state index contributed by atoms with van der Waals surface area (Å²) in [5.74, 6) is 0. The third kappa shape index (κ3) is 3.11. The molecule has 1 aromatic heterocycles. The van der Waals surface area contributed by atoms with Gasteiger partial charge in [-0.1, -0.05) is 12.8 Å². The minimum absolute atomic E-state index is 0.387. The molecular formula is C13H21BrN2S. The Bertz CT molecular complexity index is 353. The molecule has 4 heteroatoms. The zero-order chi connectivity index (χ0) is 12.3. The van der Waals surface area contributed by atoms with Gasteiger partial charge in [-0.25, -0.2) is 0 Å². The number of hydrogen-bond acceptors (Lipinski definition) is 3. The Kier molecular flexibility index (Phi) is 5.03. The number of nitrogens with two attached hydrogens (primary N) is 1. The van der Waals surface area contributed by atoms with Gasteiger partial charge >= 0.3 is 0 Å². The normalized spacial score (nSPS) is 24.5. The smallest absolute Gasteiger partial charge is 0.0578 e. The lowest BCUT2D eigenvalue weighted by molar-refractivity contribution is 0.152. The van der Waals surface area contributed by atoms with Crippen molar-refractivity contribution in [2.75, 3.05) is 13.1 Å². The van der Waals surface area contributed by atoms with Crippen LogP contribution in [-0.2, 0) is 0 Å². The zero-order valence-corrected chi connectivity index (χ0v) is 12.8. The van der Waals surface area contributed by atoms with E-state index >= 15 is 0 Å². The summed E-state index contributed by atoms with van der Waals surface area (Å²) in [4.78, 5) is 3.99. The van der Waals surface area contributed by atoms with Gasteiger partial charge in [-0.2, -0.15) is 0 Å². The van der Waals surface area contributed by atoms with Gasteiger partial charge in [0.2, 0.25) is 0 Å². The van der Waals surface area contributed by atoms with Crippen LogP contribution in [-0.4, -0.2) is 24.0 Å². The molecule has 2 unspecified atom stereocenters. The molecule has 1 aliphatic heterocycles. The Morgan fingerprint density at radius 3 is 3.00 bits per heavy atom. The number of hydrogen-bond donors (Lipinski definition) is 1. The highest BCUT2D eigenvalue weighted by Gasteiger charge is 2.27. The molecular weight excluding hydrogens is 296 g/mol. The lowest BCUT2D eigenvalue weighted by Gasteiger charge is -2.34. The molecule has 0 bridgehead atoms. The van der Waals surface area contributed by atoms with Gasteiger partial charge < -0.3 is 5.73 Å². The fraction of sp³-hybridized carbons (Fsp3) is 0.692. The maximum absolute atomic E-state index is 6.02. The predicted octanol–water partition coefficient (Wildman–Crippen LogP) is 3.77. The van der Waals surface area contributed by atoms with Crippen LogP contribution < -0.4 is 5.73 Å². The standard InChI is InChI=1S/C13H21BrN2S/c1-10-5-3-2-4-7-16(10)12(9-15)13-11(14)6-8-17-13/h6,8,10,12H,2-5,7,9,15H2,1H3. The molecule has 1 aliphatic rings. The Hall–Kier alpha value is 0.100. The van der Waals surface area contributed by atoms with Crippen LogP contribution in [0.5, 0.6) is 0 Å². The fourth-order valence-electron chi connectivity index (χ4n) is 2.70. The van der Waals surface area contributed by atoms with E-state index in [9.17, 15) is 0 Å². The summed E-state index contributed by atoms with van der Waals surface area (Å²) < 4.78 is 1.22. The second-order valence-electron chi connectivity index (χ2n) is 4.82. The van der Waals surface area contributed by atoms with Crippen LogP contribution in [0.15, 0.2) is 15.9 Å². The third-order valence-corrected chi connectivity index (χ3v) is 5.65. The lowest BCUT2D eigenvalue weighted by Crippen LogP contribution is -2.39. The maximum Gasteiger partial charge on any atom is 0.0578 e. The van der Waals surface area contributed by atoms with Gasteiger partial charge in [-0.05, 0) is 53.7 Å². The van der Waals surface area contributed by atoms with Crippen LogP contribution in [0.25, 0.3) is 0 Å². The molecule has 2 nitrogen and oxygen atoms in total. The van der Waals surface area contributed by atoms with Crippen molar-refractivity contribution in [3.8, 4) is 0 Å². The Labute approximate surface area is 116 Å². The minimum Gasteiger partial charge on any atom is -0.329 e. The van der Waals surface area contributed by atoms with Gasteiger partial charge in [0.05, 0.1) is 6.04 Å². The highest BCUT2D eigenvalue weighted by molar-refractivity contribution is 9.10. The molecule has 1 aromatic rings. The molecule has 2 rings (SSSR count). The number of rotatable bonds is 3. The monoisotopic (exact) mass is 316 g/mol. The van der Waals surface area contributed by atoms with Crippen molar-refractivity contribution in [2.24, 2.45) is 5.73 Å². The van der Waals surface area contributed by atoms with Crippen molar-refractivity contribution in [1.82, 2.24) is 4.90 Å².